The van der Waals surface area contributed by atoms with Crippen LogP contribution in [0.2, 0.25) is 0 Å². The molecule has 2 rings (SSSR count). The SMILES string of the molecule is CCCNc1ccc(S(=O)(=O)N(C)Cc2ncc[nH]2)cn1. The normalized spacial score (nSPS) is 11.8. The maximum atomic E-state index is 12.4. The molecule has 0 atom stereocenters. The minimum absolute atomic E-state index is 0.165. The molecule has 0 aliphatic heterocycles. The molecule has 2 heterocycles. The smallest absolute Gasteiger partial charge is 0.244 e. The predicted molar refractivity (Wildman–Crippen MR) is 80.3 cm³/mol. The number of sulfonamides is 1. The fourth-order valence-electron chi connectivity index (χ4n) is 1.75. The summed E-state index contributed by atoms with van der Waals surface area (Å²) in [7, 11) is -2.05. The standard InChI is InChI=1S/C13H19N5O2S/c1-3-6-14-12-5-4-11(9-17-12)21(19,20)18(2)10-13-15-7-8-16-13/h4-5,7-9H,3,6,10H2,1-2H3,(H,14,17)(H,15,16). The van der Waals surface area contributed by atoms with Gasteiger partial charge in [-0.25, -0.2) is 18.4 Å². The lowest BCUT2D eigenvalue weighted by atomic mass is 10.4. The van der Waals surface area contributed by atoms with Crippen LogP contribution in [-0.2, 0) is 16.6 Å². The molecule has 0 aromatic carbocycles. The van der Waals surface area contributed by atoms with Gasteiger partial charge in [0.25, 0.3) is 0 Å². The first-order valence-corrected chi connectivity index (χ1v) is 8.12. The van der Waals surface area contributed by atoms with E-state index < -0.39 is 10.0 Å². The fraction of sp³-hybridized carbons (Fsp3) is 0.385. The Morgan fingerprint density at radius 1 is 1.33 bits per heavy atom. The molecule has 21 heavy (non-hydrogen) atoms. The summed E-state index contributed by atoms with van der Waals surface area (Å²) in [5, 5.41) is 3.10. The molecule has 0 fully saturated rings. The van der Waals surface area contributed by atoms with Crippen molar-refractivity contribution in [3.63, 3.8) is 0 Å². The third-order valence-electron chi connectivity index (χ3n) is 2.93. The highest BCUT2D eigenvalue weighted by Gasteiger charge is 2.21. The molecule has 0 bridgehead atoms. The second kappa shape index (κ2) is 6.68. The molecule has 2 N–H and O–H groups in total. The van der Waals surface area contributed by atoms with Gasteiger partial charge in [-0.3, -0.25) is 0 Å². The van der Waals surface area contributed by atoms with Crippen molar-refractivity contribution < 1.29 is 8.42 Å². The number of H-pyrrole nitrogens is 1. The number of hydrogen-bond donors (Lipinski definition) is 2. The molecule has 0 aliphatic rings. The van der Waals surface area contributed by atoms with Crippen LogP contribution >= 0.6 is 0 Å². The van der Waals surface area contributed by atoms with Gasteiger partial charge in [0.2, 0.25) is 10.0 Å². The maximum absolute atomic E-state index is 12.4. The number of imidazole rings is 1. The number of rotatable bonds is 7. The molecule has 0 amide bonds. The Hall–Kier alpha value is -1.93. The Morgan fingerprint density at radius 2 is 2.14 bits per heavy atom. The molecule has 114 valence electrons. The van der Waals surface area contributed by atoms with Gasteiger partial charge in [-0.1, -0.05) is 6.92 Å². The Labute approximate surface area is 124 Å². The first kappa shape index (κ1) is 15.5. The van der Waals surface area contributed by atoms with Gasteiger partial charge in [0.05, 0.1) is 6.54 Å². The van der Waals surface area contributed by atoms with Gasteiger partial charge in [-0.15, -0.1) is 0 Å². The van der Waals surface area contributed by atoms with Crippen molar-refractivity contribution in [2.45, 2.75) is 24.8 Å². The molecule has 0 spiro atoms. The van der Waals surface area contributed by atoms with E-state index >= 15 is 0 Å². The number of hydrogen-bond acceptors (Lipinski definition) is 5. The lowest BCUT2D eigenvalue weighted by molar-refractivity contribution is 0.458. The zero-order chi connectivity index (χ0) is 15.3. The first-order chi connectivity index (χ1) is 10.0. The fourth-order valence-corrected chi connectivity index (χ4v) is 2.83. The van der Waals surface area contributed by atoms with E-state index in [0.29, 0.717) is 11.6 Å². The van der Waals surface area contributed by atoms with Gasteiger partial charge in [0, 0.05) is 32.2 Å². The molecule has 0 radical (unpaired) electrons. The summed E-state index contributed by atoms with van der Waals surface area (Å²) < 4.78 is 26.1. The summed E-state index contributed by atoms with van der Waals surface area (Å²) in [6.45, 7) is 3.04. The summed E-state index contributed by atoms with van der Waals surface area (Å²) in [5.41, 5.74) is 0. The van der Waals surface area contributed by atoms with Crippen LogP contribution in [0.25, 0.3) is 0 Å². The van der Waals surface area contributed by atoms with Crippen molar-refractivity contribution in [3.8, 4) is 0 Å². The first-order valence-electron chi connectivity index (χ1n) is 6.68. The average molecular weight is 309 g/mol. The topological polar surface area (TPSA) is 91.0 Å². The monoisotopic (exact) mass is 309 g/mol. The van der Waals surface area contributed by atoms with Gasteiger partial charge in [-0.05, 0) is 18.6 Å². The van der Waals surface area contributed by atoms with Gasteiger partial charge >= 0.3 is 0 Å². The molecule has 0 unspecified atom stereocenters. The van der Waals surface area contributed by atoms with Gasteiger partial charge < -0.3 is 10.3 Å². The van der Waals surface area contributed by atoms with E-state index in [0.717, 1.165) is 13.0 Å². The van der Waals surface area contributed by atoms with Crippen molar-refractivity contribution in [2.24, 2.45) is 0 Å². The largest absolute Gasteiger partial charge is 0.370 e. The Balaban J connectivity index is 2.11. The predicted octanol–water partition coefficient (Wildman–Crippen LogP) is 1.45. The number of aromatic amines is 1. The van der Waals surface area contributed by atoms with Crippen molar-refractivity contribution in [3.05, 3.63) is 36.5 Å². The molecule has 8 heteroatoms. The van der Waals surface area contributed by atoms with Crippen LogP contribution in [0.1, 0.15) is 19.2 Å². The summed E-state index contributed by atoms with van der Waals surface area (Å²) >= 11 is 0. The van der Waals surface area contributed by atoms with Crippen LogP contribution in [-0.4, -0.2) is 41.3 Å². The summed E-state index contributed by atoms with van der Waals surface area (Å²) in [6, 6.07) is 3.22. The van der Waals surface area contributed by atoms with Crippen LogP contribution in [0.3, 0.4) is 0 Å². The van der Waals surface area contributed by atoms with E-state index in [2.05, 4.69) is 27.2 Å². The van der Waals surface area contributed by atoms with E-state index in [1.54, 1.807) is 24.5 Å². The van der Waals surface area contributed by atoms with Crippen LogP contribution in [0.5, 0.6) is 0 Å². The highest BCUT2D eigenvalue weighted by molar-refractivity contribution is 7.89. The van der Waals surface area contributed by atoms with Crippen molar-refractivity contribution >= 4 is 15.8 Å². The highest BCUT2D eigenvalue weighted by Crippen LogP contribution is 2.16. The van der Waals surface area contributed by atoms with Crippen molar-refractivity contribution in [1.29, 1.82) is 0 Å². The van der Waals surface area contributed by atoms with Gasteiger partial charge in [0.15, 0.2) is 0 Å². The lowest BCUT2D eigenvalue weighted by Gasteiger charge is -2.16. The summed E-state index contributed by atoms with van der Waals surface area (Å²) in [6.07, 6.45) is 5.59. The zero-order valence-electron chi connectivity index (χ0n) is 12.1. The highest BCUT2D eigenvalue weighted by atomic mass is 32.2. The Kier molecular flexibility index (Phi) is 4.92. The molecular formula is C13H19N5O2S. The molecule has 7 nitrogen and oxygen atoms in total. The second-order valence-electron chi connectivity index (χ2n) is 4.60. The zero-order valence-corrected chi connectivity index (χ0v) is 12.9. The minimum Gasteiger partial charge on any atom is -0.370 e. The molecule has 0 saturated carbocycles. The molecular weight excluding hydrogens is 290 g/mol. The Morgan fingerprint density at radius 3 is 2.71 bits per heavy atom. The number of anilines is 1. The third-order valence-corrected chi connectivity index (χ3v) is 4.71. The van der Waals surface area contributed by atoms with E-state index in [-0.39, 0.29) is 11.4 Å². The quantitative estimate of drug-likeness (QED) is 0.807. The molecule has 2 aromatic rings. The third kappa shape index (κ3) is 3.79. The second-order valence-corrected chi connectivity index (χ2v) is 6.65. The van der Waals surface area contributed by atoms with E-state index in [1.807, 2.05) is 0 Å². The van der Waals surface area contributed by atoms with Crippen molar-refractivity contribution in [1.82, 2.24) is 19.3 Å². The maximum Gasteiger partial charge on any atom is 0.244 e. The molecule has 0 aliphatic carbocycles. The van der Waals surface area contributed by atoms with Crippen molar-refractivity contribution in [2.75, 3.05) is 18.9 Å². The van der Waals surface area contributed by atoms with Crippen LogP contribution in [0, 0.1) is 0 Å². The van der Waals surface area contributed by atoms with E-state index in [1.165, 1.54) is 17.5 Å². The summed E-state index contributed by atoms with van der Waals surface area (Å²) in [4.78, 5) is 11.2. The Bertz CT molecular complexity index is 652. The van der Waals surface area contributed by atoms with Crippen LogP contribution in [0.4, 0.5) is 5.82 Å². The lowest BCUT2D eigenvalue weighted by Crippen LogP contribution is -2.27. The van der Waals surface area contributed by atoms with E-state index in [4.69, 9.17) is 0 Å². The van der Waals surface area contributed by atoms with Gasteiger partial charge in [0.1, 0.15) is 16.5 Å². The van der Waals surface area contributed by atoms with Crippen LogP contribution in [0.15, 0.2) is 35.6 Å². The van der Waals surface area contributed by atoms with E-state index in [9.17, 15) is 8.42 Å². The average Bonchev–Trinajstić information content (AvgIpc) is 2.98. The number of nitrogens with zero attached hydrogens (tertiary/aromatic N) is 3. The minimum atomic E-state index is -3.57. The number of aromatic nitrogens is 3. The molecule has 0 saturated heterocycles. The van der Waals surface area contributed by atoms with Crippen LogP contribution < -0.4 is 5.32 Å². The summed E-state index contributed by atoms with van der Waals surface area (Å²) in [5.74, 6) is 1.26. The number of nitrogens with one attached hydrogen (secondary N) is 2. The number of pyridine rings is 1. The molecule has 2 aromatic heterocycles. The van der Waals surface area contributed by atoms with Gasteiger partial charge in [-0.2, -0.15) is 4.31 Å².